The fraction of sp³-hybridized carbons (Fsp3) is 0.318. The van der Waals surface area contributed by atoms with Crippen LogP contribution in [0.3, 0.4) is 0 Å². The number of hydrogen-bond acceptors (Lipinski definition) is 5. The molecule has 0 aliphatic heterocycles. The van der Waals surface area contributed by atoms with Crippen molar-refractivity contribution in [3.63, 3.8) is 0 Å². The summed E-state index contributed by atoms with van der Waals surface area (Å²) in [6.45, 7) is 6.30. The summed E-state index contributed by atoms with van der Waals surface area (Å²) in [6.07, 6.45) is 1.04. The molecule has 1 heterocycles. The van der Waals surface area contributed by atoms with Crippen LogP contribution in [-0.4, -0.2) is 23.2 Å². The molecule has 146 valence electrons. The number of rotatable bonds is 7. The third-order valence-corrected chi connectivity index (χ3v) is 5.40. The van der Waals surface area contributed by atoms with E-state index >= 15 is 0 Å². The van der Waals surface area contributed by atoms with Crippen LogP contribution in [0.25, 0.3) is 10.6 Å². The fourth-order valence-corrected chi connectivity index (χ4v) is 3.65. The molecule has 3 rings (SSSR count). The zero-order valence-electron chi connectivity index (χ0n) is 16.6. The van der Waals surface area contributed by atoms with E-state index in [4.69, 9.17) is 4.74 Å². The number of benzene rings is 2. The lowest BCUT2D eigenvalue weighted by Crippen LogP contribution is -2.18. The summed E-state index contributed by atoms with van der Waals surface area (Å²) in [4.78, 5) is 12.6. The second kappa shape index (κ2) is 8.97. The van der Waals surface area contributed by atoms with Crippen LogP contribution < -0.4 is 10.1 Å². The first kappa shape index (κ1) is 20.0. The summed E-state index contributed by atoms with van der Waals surface area (Å²) in [5.41, 5.74) is 3.22. The Kier molecular flexibility index (Phi) is 6.41. The van der Waals surface area contributed by atoms with E-state index in [-0.39, 0.29) is 11.8 Å². The van der Waals surface area contributed by atoms with E-state index in [0.717, 1.165) is 28.3 Å². The van der Waals surface area contributed by atoms with E-state index in [0.29, 0.717) is 11.0 Å². The van der Waals surface area contributed by atoms with E-state index in [2.05, 4.69) is 41.5 Å². The van der Waals surface area contributed by atoms with Crippen LogP contribution in [0.2, 0.25) is 0 Å². The molecule has 0 saturated heterocycles. The molecule has 0 spiro atoms. The number of aromatic nitrogens is 2. The Labute approximate surface area is 169 Å². The Morgan fingerprint density at radius 1 is 1.04 bits per heavy atom. The maximum Gasteiger partial charge on any atom is 0.233 e. The van der Waals surface area contributed by atoms with Crippen LogP contribution in [-0.2, 0) is 11.2 Å². The maximum atomic E-state index is 12.6. The van der Waals surface area contributed by atoms with Crippen molar-refractivity contribution in [1.29, 1.82) is 0 Å². The SMILES string of the molecule is COc1ccc(-c2nnc(NC(=O)C(C)c3ccc(CC(C)C)cc3)s2)cc1. The monoisotopic (exact) mass is 395 g/mol. The van der Waals surface area contributed by atoms with Gasteiger partial charge >= 0.3 is 0 Å². The van der Waals surface area contributed by atoms with Gasteiger partial charge in [-0.15, -0.1) is 10.2 Å². The predicted octanol–water partition coefficient (Wildman–Crippen LogP) is 5.15. The lowest BCUT2D eigenvalue weighted by atomic mass is 9.96. The van der Waals surface area contributed by atoms with Gasteiger partial charge in [0.25, 0.3) is 0 Å². The molecule has 0 aliphatic rings. The molecule has 1 atom stereocenters. The van der Waals surface area contributed by atoms with E-state index in [9.17, 15) is 4.79 Å². The lowest BCUT2D eigenvalue weighted by molar-refractivity contribution is -0.117. The molecular weight excluding hydrogens is 370 g/mol. The van der Waals surface area contributed by atoms with Crippen molar-refractivity contribution in [3.8, 4) is 16.3 Å². The molecule has 0 bridgehead atoms. The molecule has 0 saturated carbocycles. The molecule has 2 aromatic carbocycles. The molecule has 0 aliphatic carbocycles. The fourth-order valence-electron chi connectivity index (χ4n) is 2.90. The summed E-state index contributed by atoms with van der Waals surface area (Å²) in [6, 6.07) is 15.9. The number of carbonyl (C=O) groups is 1. The van der Waals surface area contributed by atoms with Crippen molar-refractivity contribution in [2.45, 2.75) is 33.1 Å². The van der Waals surface area contributed by atoms with Crippen molar-refractivity contribution in [3.05, 3.63) is 59.7 Å². The summed E-state index contributed by atoms with van der Waals surface area (Å²) in [7, 11) is 1.63. The minimum absolute atomic E-state index is 0.0889. The van der Waals surface area contributed by atoms with E-state index < -0.39 is 0 Å². The highest BCUT2D eigenvalue weighted by Crippen LogP contribution is 2.28. The second-order valence-corrected chi connectivity index (χ2v) is 8.17. The van der Waals surface area contributed by atoms with Crippen LogP contribution >= 0.6 is 11.3 Å². The Morgan fingerprint density at radius 3 is 2.32 bits per heavy atom. The molecule has 1 amide bonds. The van der Waals surface area contributed by atoms with Crippen molar-refractivity contribution in [2.24, 2.45) is 5.92 Å². The zero-order chi connectivity index (χ0) is 20.1. The van der Waals surface area contributed by atoms with Crippen LogP contribution in [0.5, 0.6) is 5.75 Å². The van der Waals surface area contributed by atoms with Gasteiger partial charge in [0.1, 0.15) is 10.8 Å². The average Bonchev–Trinajstić information content (AvgIpc) is 3.16. The lowest BCUT2D eigenvalue weighted by Gasteiger charge is -2.12. The summed E-state index contributed by atoms with van der Waals surface area (Å²) >= 11 is 1.35. The van der Waals surface area contributed by atoms with Gasteiger partial charge in [-0.3, -0.25) is 10.1 Å². The summed E-state index contributed by atoms with van der Waals surface area (Å²) in [5, 5.41) is 12.4. The highest BCUT2D eigenvalue weighted by atomic mass is 32.1. The van der Waals surface area contributed by atoms with Crippen LogP contribution in [0.15, 0.2) is 48.5 Å². The van der Waals surface area contributed by atoms with Crippen LogP contribution in [0.1, 0.15) is 37.8 Å². The largest absolute Gasteiger partial charge is 0.497 e. The number of methoxy groups -OCH3 is 1. The van der Waals surface area contributed by atoms with Gasteiger partial charge in [0.05, 0.1) is 13.0 Å². The van der Waals surface area contributed by atoms with Crippen molar-refractivity contribution >= 4 is 22.4 Å². The number of nitrogens with one attached hydrogen (secondary N) is 1. The van der Waals surface area contributed by atoms with Gasteiger partial charge in [-0.2, -0.15) is 0 Å². The van der Waals surface area contributed by atoms with Crippen LogP contribution in [0.4, 0.5) is 5.13 Å². The molecule has 1 aromatic heterocycles. The van der Waals surface area contributed by atoms with Crippen molar-refractivity contribution < 1.29 is 9.53 Å². The molecule has 3 aromatic rings. The molecule has 28 heavy (non-hydrogen) atoms. The smallest absolute Gasteiger partial charge is 0.233 e. The molecule has 1 N–H and O–H groups in total. The molecule has 6 heteroatoms. The Balaban J connectivity index is 1.64. The minimum Gasteiger partial charge on any atom is -0.497 e. The first-order valence-electron chi connectivity index (χ1n) is 9.34. The van der Waals surface area contributed by atoms with Gasteiger partial charge in [-0.25, -0.2) is 0 Å². The minimum atomic E-state index is -0.263. The van der Waals surface area contributed by atoms with E-state index in [1.165, 1.54) is 16.9 Å². The molecule has 5 nitrogen and oxygen atoms in total. The molecule has 0 fully saturated rings. The van der Waals surface area contributed by atoms with Crippen molar-refractivity contribution in [2.75, 3.05) is 12.4 Å². The third kappa shape index (κ3) is 4.95. The number of nitrogens with zero attached hydrogens (tertiary/aromatic N) is 2. The quantitative estimate of drug-likeness (QED) is 0.600. The normalized spacial score (nSPS) is 12.0. The van der Waals surface area contributed by atoms with Gasteiger partial charge in [-0.05, 0) is 54.7 Å². The van der Waals surface area contributed by atoms with Gasteiger partial charge in [0.2, 0.25) is 11.0 Å². The number of hydrogen-bond donors (Lipinski definition) is 1. The van der Waals surface area contributed by atoms with E-state index in [1.807, 2.05) is 43.3 Å². The maximum absolute atomic E-state index is 12.6. The second-order valence-electron chi connectivity index (χ2n) is 7.19. The topological polar surface area (TPSA) is 64.1 Å². The van der Waals surface area contributed by atoms with Crippen molar-refractivity contribution in [1.82, 2.24) is 10.2 Å². The summed E-state index contributed by atoms with van der Waals surface area (Å²) < 4.78 is 5.17. The first-order valence-corrected chi connectivity index (χ1v) is 10.2. The average molecular weight is 396 g/mol. The van der Waals surface area contributed by atoms with Gasteiger partial charge in [0.15, 0.2) is 0 Å². The number of carbonyl (C=O) groups excluding carboxylic acids is 1. The molecular formula is C22H25N3O2S. The summed E-state index contributed by atoms with van der Waals surface area (Å²) in [5.74, 6) is 1.05. The van der Waals surface area contributed by atoms with E-state index in [1.54, 1.807) is 7.11 Å². The first-order chi connectivity index (χ1) is 13.5. The molecule has 1 unspecified atom stereocenters. The van der Waals surface area contributed by atoms with Crippen LogP contribution in [0, 0.1) is 5.92 Å². The van der Waals surface area contributed by atoms with Gasteiger partial charge in [0, 0.05) is 5.56 Å². The third-order valence-electron chi connectivity index (χ3n) is 4.51. The highest BCUT2D eigenvalue weighted by Gasteiger charge is 2.17. The molecule has 0 radical (unpaired) electrons. The Bertz CT molecular complexity index is 918. The number of amides is 1. The van der Waals surface area contributed by atoms with Gasteiger partial charge < -0.3 is 4.74 Å². The number of ether oxygens (including phenoxy) is 1. The Morgan fingerprint density at radius 2 is 1.71 bits per heavy atom. The highest BCUT2D eigenvalue weighted by molar-refractivity contribution is 7.18. The Hall–Kier alpha value is -2.73. The standard InChI is InChI=1S/C22H25N3O2S/c1-14(2)13-16-5-7-17(8-6-16)15(3)20(26)23-22-25-24-21(28-22)18-9-11-19(27-4)12-10-18/h5-12,14-15H,13H2,1-4H3,(H,23,25,26). The predicted molar refractivity (Wildman–Crippen MR) is 114 cm³/mol. The number of anilines is 1. The zero-order valence-corrected chi connectivity index (χ0v) is 17.4. The van der Waals surface area contributed by atoms with Gasteiger partial charge in [-0.1, -0.05) is 49.4 Å².